The minimum atomic E-state index is -4.00. The molecule has 1 saturated heterocycles. The number of nitriles is 1. The Bertz CT molecular complexity index is 1180. The Labute approximate surface area is 204 Å². The van der Waals surface area contributed by atoms with Crippen LogP contribution < -0.4 is 5.32 Å². The van der Waals surface area contributed by atoms with Crippen molar-refractivity contribution in [3.63, 3.8) is 0 Å². The van der Waals surface area contributed by atoms with Gasteiger partial charge in [0.15, 0.2) is 6.17 Å². The van der Waals surface area contributed by atoms with Crippen LogP contribution in [0.3, 0.4) is 0 Å². The number of rotatable bonds is 7. The van der Waals surface area contributed by atoms with E-state index in [4.69, 9.17) is 4.74 Å². The van der Waals surface area contributed by atoms with Crippen LogP contribution in [0.1, 0.15) is 37.4 Å². The van der Waals surface area contributed by atoms with Gasteiger partial charge in [0.25, 0.3) is 0 Å². The van der Waals surface area contributed by atoms with E-state index in [0.29, 0.717) is 23.6 Å². The third kappa shape index (κ3) is 4.32. The SMILES string of the molecule is N#Cc1c2ccccc2cn1[C@H]1C(F)C(F)(C(=O)O)O[C@@H]([C@H](O)[C@H](O)CO)[C@@H]1NC(=O)C1CCCC1. The quantitative estimate of drug-likeness (QED) is 0.369. The van der Waals surface area contributed by atoms with Crippen LogP contribution in [0.2, 0.25) is 0 Å². The maximum Gasteiger partial charge on any atom is 0.372 e. The van der Waals surface area contributed by atoms with Gasteiger partial charge in [0, 0.05) is 22.9 Å². The van der Waals surface area contributed by atoms with Gasteiger partial charge in [-0.2, -0.15) is 9.65 Å². The Balaban J connectivity index is 1.89. The Hall–Kier alpha value is -3.11. The van der Waals surface area contributed by atoms with E-state index in [0.717, 1.165) is 17.4 Å². The van der Waals surface area contributed by atoms with Crippen LogP contribution in [-0.2, 0) is 14.3 Å². The van der Waals surface area contributed by atoms with Crippen molar-refractivity contribution in [2.75, 3.05) is 6.61 Å². The lowest BCUT2D eigenvalue weighted by atomic mass is 9.85. The molecule has 12 heteroatoms. The van der Waals surface area contributed by atoms with Crippen molar-refractivity contribution < 1.29 is 43.5 Å². The molecule has 0 radical (unpaired) electrons. The van der Waals surface area contributed by atoms with Crippen LogP contribution in [0.15, 0.2) is 30.5 Å². The van der Waals surface area contributed by atoms with Crippen LogP contribution in [0.4, 0.5) is 8.78 Å². The number of halogens is 2. The fourth-order valence-electron chi connectivity index (χ4n) is 5.19. The fraction of sp³-hybridized carbons (Fsp3) is 0.542. The van der Waals surface area contributed by atoms with Crippen molar-refractivity contribution in [1.29, 1.82) is 5.26 Å². The highest BCUT2D eigenvalue weighted by molar-refractivity contribution is 5.88. The number of carbonyl (C=O) groups is 2. The summed E-state index contributed by atoms with van der Waals surface area (Å²) >= 11 is 0. The summed E-state index contributed by atoms with van der Waals surface area (Å²) in [5, 5.41) is 52.9. The number of aliphatic carboxylic acids is 1. The van der Waals surface area contributed by atoms with Crippen LogP contribution in [0.5, 0.6) is 0 Å². The van der Waals surface area contributed by atoms with Gasteiger partial charge in [-0.1, -0.05) is 37.1 Å². The second-order valence-corrected chi connectivity index (χ2v) is 9.27. The van der Waals surface area contributed by atoms with Crippen molar-refractivity contribution in [2.45, 2.75) is 68.1 Å². The molecule has 194 valence electrons. The molecule has 1 amide bonds. The Morgan fingerprint density at radius 1 is 1.28 bits per heavy atom. The number of carbonyl (C=O) groups excluding carboxylic acids is 1. The van der Waals surface area contributed by atoms with E-state index in [2.05, 4.69) is 5.32 Å². The van der Waals surface area contributed by atoms with Gasteiger partial charge in [0.2, 0.25) is 5.91 Å². The van der Waals surface area contributed by atoms with Gasteiger partial charge in [-0.3, -0.25) is 4.79 Å². The molecule has 1 aliphatic carbocycles. The molecular weight excluding hydrogens is 480 g/mol. The number of hydrogen-bond acceptors (Lipinski definition) is 7. The molecule has 1 aromatic carbocycles. The highest BCUT2D eigenvalue weighted by Gasteiger charge is 2.64. The van der Waals surface area contributed by atoms with Crippen molar-refractivity contribution in [3.05, 3.63) is 36.2 Å². The lowest BCUT2D eigenvalue weighted by molar-refractivity contribution is -0.282. The molecule has 1 saturated carbocycles. The van der Waals surface area contributed by atoms with Gasteiger partial charge < -0.3 is 35.0 Å². The lowest BCUT2D eigenvalue weighted by Gasteiger charge is -2.48. The third-order valence-corrected chi connectivity index (χ3v) is 7.11. The van der Waals surface area contributed by atoms with Crippen LogP contribution in [0, 0.1) is 17.2 Å². The summed E-state index contributed by atoms with van der Waals surface area (Å²) in [6, 6.07) is 4.93. The minimum absolute atomic E-state index is 0.121. The molecule has 0 spiro atoms. The minimum Gasteiger partial charge on any atom is -0.477 e. The average Bonchev–Trinajstić information content (AvgIpc) is 3.53. The molecule has 2 fully saturated rings. The smallest absolute Gasteiger partial charge is 0.372 e. The Kier molecular flexibility index (Phi) is 7.28. The molecule has 5 N–H and O–H groups in total. The van der Waals surface area contributed by atoms with Gasteiger partial charge >= 0.3 is 11.8 Å². The maximum atomic E-state index is 15.9. The number of ether oxygens (including phenoxy) is 1. The average molecular weight is 507 g/mol. The van der Waals surface area contributed by atoms with Crippen LogP contribution in [-0.4, -0.2) is 79.9 Å². The van der Waals surface area contributed by atoms with Crippen LogP contribution in [0.25, 0.3) is 10.8 Å². The van der Waals surface area contributed by atoms with Gasteiger partial charge in [0.1, 0.15) is 30.1 Å². The Morgan fingerprint density at radius 3 is 2.56 bits per heavy atom. The van der Waals surface area contributed by atoms with Crippen molar-refractivity contribution in [2.24, 2.45) is 5.92 Å². The summed E-state index contributed by atoms with van der Waals surface area (Å²) in [7, 11) is 0. The third-order valence-electron chi connectivity index (χ3n) is 7.11. The second-order valence-electron chi connectivity index (χ2n) is 9.27. The van der Waals surface area contributed by atoms with Gasteiger partial charge in [-0.15, -0.1) is 0 Å². The van der Waals surface area contributed by atoms with Crippen molar-refractivity contribution >= 4 is 22.6 Å². The number of carboxylic acid groups (broad SMARTS) is 1. The lowest BCUT2D eigenvalue weighted by Crippen LogP contribution is -2.69. The fourth-order valence-corrected chi connectivity index (χ4v) is 5.19. The number of nitrogens with zero attached hydrogens (tertiary/aromatic N) is 2. The molecule has 2 aromatic rings. The summed E-state index contributed by atoms with van der Waals surface area (Å²) in [6.45, 7) is -1.00. The number of aliphatic hydroxyl groups is 3. The summed E-state index contributed by atoms with van der Waals surface area (Å²) in [4.78, 5) is 24.9. The van der Waals surface area contributed by atoms with E-state index in [1.165, 1.54) is 6.20 Å². The predicted molar refractivity (Wildman–Crippen MR) is 120 cm³/mol. The zero-order chi connectivity index (χ0) is 26.2. The second kappa shape index (κ2) is 10.1. The number of hydrogen-bond donors (Lipinski definition) is 5. The number of carboxylic acids is 1. The molecule has 2 unspecified atom stereocenters. The summed E-state index contributed by atoms with van der Waals surface area (Å²) in [5.74, 6) is -7.30. The number of aliphatic hydroxyl groups excluding tert-OH is 3. The number of alkyl halides is 2. The number of nitrogens with one attached hydrogen (secondary N) is 1. The number of benzene rings is 1. The summed E-state index contributed by atoms with van der Waals surface area (Å²) in [5.41, 5.74) is -0.121. The zero-order valence-electron chi connectivity index (χ0n) is 19.1. The van der Waals surface area contributed by atoms with E-state index in [-0.39, 0.29) is 5.69 Å². The first-order valence-corrected chi connectivity index (χ1v) is 11.6. The largest absolute Gasteiger partial charge is 0.477 e. The normalized spacial score (nSPS) is 30.6. The summed E-state index contributed by atoms with van der Waals surface area (Å²) < 4.78 is 37.5. The molecule has 1 aliphatic heterocycles. The first kappa shape index (κ1) is 26.0. The van der Waals surface area contributed by atoms with Gasteiger partial charge in [-0.05, 0) is 12.8 Å². The van der Waals surface area contributed by atoms with E-state index >= 15 is 8.78 Å². The topological polar surface area (TPSA) is 165 Å². The standard InChI is InChI=1S/C24H27F2N3O7/c25-21-18(29-10-13-7-3-4-8-14(13)15(29)9-27)17(28-22(33)12-5-1-2-6-12)20(19(32)16(31)11-30)36-24(21,26)23(34)35/h3-4,7-8,10,12,16-21,30-32H,1-2,5-6,11H2,(H,28,33)(H,34,35)/t16-,17-,18-,19-,20-,21?,24?/m1/s1. The number of fused-ring (bicyclic) bond motifs is 1. The predicted octanol–water partition coefficient (Wildman–Crippen LogP) is 0.930. The summed E-state index contributed by atoms with van der Waals surface area (Å²) in [6.07, 6.45) is -4.95. The zero-order valence-corrected chi connectivity index (χ0v) is 19.1. The van der Waals surface area contributed by atoms with E-state index in [9.17, 15) is 35.3 Å². The van der Waals surface area contributed by atoms with Gasteiger partial charge in [0.05, 0.1) is 18.7 Å². The molecule has 36 heavy (non-hydrogen) atoms. The monoisotopic (exact) mass is 507 g/mol. The van der Waals surface area contributed by atoms with E-state index in [1.807, 2.05) is 6.07 Å². The molecule has 1 aromatic heterocycles. The molecule has 10 nitrogen and oxygen atoms in total. The first-order chi connectivity index (χ1) is 17.1. The van der Waals surface area contributed by atoms with Crippen LogP contribution >= 0.6 is 0 Å². The van der Waals surface area contributed by atoms with E-state index < -0.39 is 66.8 Å². The Morgan fingerprint density at radius 2 is 1.94 bits per heavy atom. The number of amides is 1. The first-order valence-electron chi connectivity index (χ1n) is 11.6. The van der Waals surface area contributed by atoms with Gasteiger partial charge in [-0.25, -0.2) is 9.18 Å². The van der Waals surface area contributed by atoms with E-state index in [1.54, 1.807) is 24.3 Å². The van der Waals surface area contributed by atoms with Crippen molar-refractivity contribution in [1.82, 2.24) is 9.88 Å². The molecule has 7 atom stereocenters. The molecule has 2 heterocycles. The molecule has 0 bridgehead atoms. The number of aromatic nitrogens is 1. The highest BCUT2D eigenvalue weighted by Crippen LogP contribution is 2.43. The maximum absolute atomic E-state index is 15.9. The molecule has 4 rings (SSSR count). The molecular formula is C24H27F2N3O7. The molecule has 2 aliphatic rings. The highest BCUT2D eigenvalue weighted by atomic mass is 19.2. The van der Waals surface area contributed by atoms with Crippen molar-refractivity contribution in [3.8, 4) is 6.07 Å².